The van der Waals surface area contributed by atoms with Crippen LogP contribution in [0, 0.1) is 13.8 Å². The fourth-order valence-electron chi connectivity index (χ4n) is 3.33. The number of benzene rings is 2. The Labute approximate surface area is 127 Å². The van der Waals surface area contributed by atoms with Gasteiger partial charge in [0.1, 0.15) is 0 Å². The molecule has 0 bridgehead atoms. The second-order valence-electron chi connectivity index (χ2n) is 5.79. The zero-order chi connectivity index (χ0) is 15.4. The first kappa shape index (κ1) is 13.0. The van der Waals surface area contributed by atoms with E-state index in [1.807, 2.05) is 31.2 Å². The Morgan fingerprint density at radius 2 is 1.68 bits per heavy atom. The molecule has 0 aliphatic heterocycles. The molecule has 4 aromatic rings. The van der Waals surface area contributed by atoms with Crippen molar-refractivity contribution < 1.29 is 5.11 Å². The van der Waals surface area contributed by atoms with Crippen molar-refractivity contribution in [2.45, 2.75) is 20.8 Å². The molecule has 3 nitrogen and oxygen atoms in total. The molecule has 0 saturated heterocycles. The average Bonchev–Trinajstić information content (AvgIpc) is 2.50. The molecule has 2 aromatic heterocycles. The van der Waals surface area contributed by atoms with Crippen LogP contribution < -0.4 is 5.22 Å². The summed E-state index contributed by atoms with van der Waals surface area (Å²) in [5.74, 6) is 0.297. The van der Waals surface area contributed by atoms with Gasteiger partial charge in [0, 0.05) is 27.1 Å². The number of aliphatic hydroxyl groups is 1. The molecule has 4 rings (SSSR count). The monoisotopic (exact) mass is 288 g/mol. The van der Waals surface area contributed by atoms with Gasteiger partial charge in [0.05, 0.1) is 22.3 Å². The largest absolute Gasteiger partial charge is 0.512 e. The van der Waals surface area contributed by atoms with Crippen molar-refractivity contribution in [3.05, 3.63) is 52.9 Å². The van der Waals surface area contributed by atoms with E-state index < -0.39 is 0 Å². The van der Waals surface area contributed by atoms with Crippen molar-refractivity contribution >= 4 is 38.5 Å². The fraction of sp³-hybridized carbons (Fsp3) is 0.158. The fourth-order valence-corrected chi connectivity index (χ4v) is 3.33. The zero-order valence-electron chi connectivity index (χ0n) is 12.8. The van der Waals surface area contributed by atoms with E-state index in [1.54, 1.807) is 6.92 Å². The van der Waals surface area contributed by atoms with Gasteiger partial charge in [-0.1, -0.05) is 24.3 Å². The molecule has 0 unspecified atom stereocenters. The van der Waals surface area contributed by atoms with Crippen LogP contribution in [0.25, 0.3) is 38.5 Å². The molecule has 0 aliphatic rings. The number of pyridine rings is 2. The molecule has 0 aliphatic carbocycles. The van der Waals surface area contributed by atoms with E-state index in [1.165, 1.54) is 0 Å². The number of aryl methyl sites for hydroxylation is 2. The van der Waals surface area contributed by atoms with Crippen LogP contribution >= 0.6 is 0 Å². The number of aliphatic hydroxyl groups excluding tert-OH is 1. The van der Waals surface area contributed by atoms with E-state index in [0.717, 1.165) is 49.2 Å². The molecule has 22 heavy (non-hydrogen) atoms. The van der Waals surface area contributed by atoms with Gasteiger partial charge in [0.2, 0.25) is 0 Å². The van der Waals surface area contributed by atoms with Crippen LogP contribution in [0.2, 0.25) is 0 Å². The summed E-state index contributed by atoms with van der Waals surface area (Å²) in [7, 11) is 0. The third-order valence-corrected chi connectivity index (χ3v) is 4.28. The van der Waals surface area contributed by atoms with E-state index in [9.17, 15) is 5.11 Å². The molecule has 108 valence electrons. The Hall–Kier alpha value is -2.68. The van der Waals surface area contributed by atoms with Crippen LogP contribution in [0.4, 0.5) is 0 Å². The summed E-state index contributed by atoms with van der Waals surface area (Å²) in [5.41, 5.74) is 4.79. The summed E-state index contributed by atoms with van der Waals surface area (Å²) in [6.07, 6.45) is 0. The minimum Gasteiger partial charge on any atom is -0.512 e. The SMILES string of the molecule is C/C(O)=c1\c(C)nc2ccc(C)c3nc4ccccc4c1c23. The number of nitrogens with zero attached hydrogens (tertiary/aromatic N) is 2. The minimum absolute atomic E-state index is 0.297. The lowest BCUT2D eigenvalue weighted by Crippen LogP contribution is -2.14. The Kier molecular flexibility index (Phi) is 2.61. The quantitative estimate of drug-likeness (QED) is 0.393. The first-order valence-electron chi connectivity index (χ1n) is 7.36. The zero-order valence-corrected chi connectivity index (χ0v) is 12.8. The predicted molar refractivity (Wildman–Crippen MR) is 91.0 cm³/mol. The lowest BCUT2D eigenvalue weighted by atomic mass is 9.98. The number of hydrogen-bond acceptors (Lipinski definition) is 3. The van der Waals surface area contributed by atoms with Gasteiger partial charge in [-0.25, -0.2) is 4.98 Å². The molecule has 0 saturated carbocycles. The highest BCUT2D eigenvalue weighted by atomic mass is 16.3. The molecule has 0 radical (unpaired) electrons. The summed E-state index contributed by atoms with van der Waals surface area (Å²) in [5, 5.41) is 14.2. The standard InChI is InChI=1S/C19H16N2O/c1-10-8-9-15-18-17(16(12(3)22)11(2)20-15)13-6-4-5-7-14(13)21-19(10)18/h4-9,22H,1-3H3/b16-12-. The van der Waals surface area contributed by atoms with Gasteiger partial charge in [0.25, 0.3) is 0 Å². The molecule has 2 aromatic carbocycles. The lowest BCUT2D eigenvalue weighted by Gasteiger charge is -2.13. The third-order valence-electron chi connectivity index (χ3n) is 4.28. The maximum Gasteiger partial charge on any atom is 0.0988 e. The Balaban J connectivity index is 2.53. The molecule has 0 amide bonds. The molecule has 1 N–H and O–H groups in total. The van der Waals surface area contributed by atoms with Crippen molar-refractivity contribution in [2.24, 2.45) is 0 Å². The van der Waals surface area contributed by atoms with Crippen LogP contribution in [0.5, 0.6) is 0 Å². The first-order chi connectivity index (χ1) is 10.6. The van der Waals surface area contributed by atoms with Crippen molar-refractivity contribution in [2.75, 3.05) is 0 Å². The Morgan fingerprint density at radius 1 is 0.909 bits per heavy atom. The highest BCUT2D eigenvalue weighted by Crippen LogP contribution is 2.30. The van der Waals surface area contributed by atoms with Gasteiger partial charge >= 0.3 is 0 Å². The van der Waals surface area contributed by atoms with E-state index >= 15 is 0 Å². The van der Waals surface area contributed by atoms with E-state index in [0.29, 0.717) is 5.76 Å². The van der Waals surface area contributed by atoms with Crippen molar-refractivity contribution in [1.29, 1.82) is 0 Å². The topological polar surface area (TPSA) is 46.0 Å². The predicted octanol–water partition coefficient (Wildman–Crippen LogP) is 3.96. The van der Waals surface area contributed by atoms with Crippen LogP contribution in [-0.2, 0) is 0 Å². The Bertz CT molecular complexity index is 1110. The molecule has 3 heteroatoms. The van der Waals surface area contributed by atoms with Gasteiger partial charge in [0.15, 0.2) is 0 Å². The van der Waals surface area contributed by atoms with Crippen LogP contribution in [0.3, 0.4) is 0 Å². The summed E-state index contributed by atoms with van der Waals surface area (Å²) < 4.78 is 0. The van der Waals surface area contributed by atoms with Gasteiger partial charge in [-0.05, 0) is 38.5 Å². The number of hydrogen-bond donors (Lipinski definition) is 1. The molecular formula is C19H16N2O. The lowest BCUT2D eigenvalue weighted by molar-refractivity contribution is 0.499. The van der Waals surface area contributed by atoms with Crippen molar-refractivity contribution in [3.63, 3.8) is 0 Å². The van der Waals surface area contributed by atoms with E-state index in [2.05, 4.69) is 24.0 Å². The number of rotatable bonds is 0. The Morgan fingerprint density at radius 3 is 2.45 bits per heavy atom. The summed E-state index contributed by atoms with van der Waals surface area (Å²) in [6.45, 7) is 5.72. The van der Waals surface area contributed by atoms with Gasteiger partial charge in [-0.15, -0.1) is 0 Å². The normalized spacial score (nSPS) is 13.2. The second kappa shape index (κ2) is 4.41. The summed E-state index contributed by atoms with van der Waals surface area (Å²) in [6, 6.07) is 12.2. The molecular weight excluding hydrogens is 272 g/mol. The van der Waals surface area contributed by atoms with E-state index in [4.69, 9.17) is 4.98 Å². The maximum atomic E-state index is 10.2. The second-order valence-corrected chi connectivity index (χ2v) is 5.79. The van der Waals surface area contributed by atoms with Crippen LogP contribution in [0.1, 0.15) is 18.2 Å². The molecule has 0 fully saturated rings. The summed E-state index contributed by atoms with van der Waals surface area (Å²) in [4.78, 5) is 9.50. The maximum absolute atomic E-state index is 10.2. The van der Waals surface area contributed by atoms with Crippen LogP contribution in [0.15, 0.2) is 36.4 Å². The molecule has 2 heterocycles. The first-order valence-corrected chi connectivity index (χ1v) is 7.36. The number of fused-ring (bicyclic) bond motifs is 2. The van der Waals surface area contributed by atoms with Crippen molar-refractivity contribution in [1.82, 2.24) is 9.97 Å². The average molecular weight is 288 g/mol. The van der Waals surface area contributed by atoms with Gasteiger partial charge in [-0.3, -0.25) is 4.98 Å². The highest BCUT2D eigenvalue weighted by molar-refractivity contribution is 6.18. The van der Waals surface area contributed by atoms with Crippen LogP contribution in [-0.4, -0.2) is 15.1 Å². The van der Waals surface area contributed by atoms with Gasteiger partial charge < -0.3 is 5.11 Å². The third kappa shape index (κ3) is 1.62. The number of para-hydroxylation sites is 1. The minimum atomic E-state index is 0.297. The van der Waals surface area contributed by atoms with Crippen molar-refractivity contribution in [3.8, 4) is 0 Å². The number of aromatic nitrogens is 2. The molecule has 0 spiro atoms. The highest BCUT2D eigenvalue weighted by Gasteiger charge is 2.14. The molecule has 0 atom stereocenters. The van der Waals surface area contributed by atoms with Gasteiger partial charge in [-0.2, -0.15) is 0 Å². The van der Waals surface area contributed by atoms with E-state index in [-0.39, 0.29) is 0 Å². The summed E-state index contributed by atoms with van der Waals surface area (Å²) >= 11 is 0. The smallest absolute Gasteiger partial charge is 0.0988 e.